The van der Waals surface area contributed by atoms with Crippen molar-refractivity contribution in [3.05, 3.63) is 30.3 Å². The zero-order valence-corrected chi connectivity index (χ0v) is 13.0. The van der Waals surface area contributed by atoms with Crippen molar-refractivity contribution in [3.63, 3.8) is 0 Å². The van der Waals surface area contributed by atoms with Gasteiger partial charge in [0.2, 0.25) is 20.1 Å². The Balaban J connectivity index is 1.86. The van der Waals surface area contributed by atoms with Crippen LogP contribution in [0.1, 0.15) is 6.42 Å². The predicted molar refractivity (Wildman–Crippen MR) is 80.9 cm³/mol. The molecular weight excluding hydrogens is 334 g/mol. The minimum Gasteiger partial charge on any atom is -0.285 e. The summed E-state index contributed by atoms with van der Waals surface area (Å²) >= 11 is 1.06. The fourth-order valence-corrected chi connectivity index (χ4v) is 3.82. The van der Waals surface area contributed by atoms with Crippen molar-refractivity contribution < 1.29 is 13.2 Å². The molecule has 0 aliphatic carbocycles. The first kappa shape index (κ1) is 14.4. The lowest BCUT2D eigenvalue weighted by Gasteiger charge is -2.10. The maximum absolute atomic E-state index is 11.9. The van der Waals surface area contributed by atoms with Crippen LogP contribution in [0.5, 0.6) is 0 Å². The third-order valence-corrected chi connectivity index (χ3v) is 5.77. The Morgan fingerprint density at radius 2 is 2.00 bits per heavy atom. The minimum atomic E-state index is -3.76. The van der Waals surface area contributed by atoms with E-state index >= 15 is 0 Å². The van der Waals surface area contributed by atoms with E-state index in [4.69, 9.17) is 10.7 Å². The third-order valence-electron chi connectivity index (χ3n) is 3.17. The number of hydrogen-bond acceptors (Lipinski definition) is 6. The second-order valence-corrected chi connectivity index (χ2v) is 8.21. The molecule has 6 nitrogen and oxygen atoms in total. The van der Waals surface area contributed by atoms with Crippen molar-refractivity contribution in [1.29, 1.82) is 0 Å². The molecule has 0 N–H and O–H groups in total. The number of hydrogen-bond donors (Lipinski definition) is 0. The molecule has 0 spiro atoms. The van der Waals surface area contributed by atoms with Crippen LogP contribution in [-0.2, 0) is 13.8 Å². The monoisotopic (exact) mass is 343 g/mol. The zero-order valence-electron chi connectivity index (χ0n) is 10.6. The summed E-state index contributed by atoms with van der Waals surface area (Å²) in [6.45, 7) is 0.0219. The molecule has 0 saturated carbocycles. The Morgan fingerprint density at radius 1 is 1.29 bits per heavy atom. The van der Waals surface area contributed by atoms with Gasteiger partial charge in [-0.2, -0.15) is 9.36 Å². The lowest BCUT2D eigenvalue weighted by Crippen LogP contribution is -2.26. The summed E-state index contributed by atoms with van der Waals surface area (Å²) in [6.07, 6.45) is -0.119. The normalized spacial score (nSPS) is 19.2. The molecular formula is C12H10ClN3O3S2. The number of anilines is 1. The molecule has 1 aliphatic heterocycles. The van der Waals surface area contributed by atoms with Crippen molar-refractivity contribution >= 4 is 42.3 Å². The molecule has 2 heterocycles. The molecule has 1 aromatic heterocycles. The summed E-state index contributed by atoms with van der Waals surface area (Å²) in [7, 11) is 1.56. The van der Waals surface area contributed by atoms with E-state index in [1.54, 1.807) is 0 Å². The lowest BCUT2D eigenvalue weighted by molar-refractivity contribution is -0.117. The first-order chi connectivity index (χ1) is 9.95. The van der Waals surface area contributed by atoms with Crippen LogP contribution in [0.3, 0.4) is 0 Å². The summed E-state index contributed by atoms with van der Waals surface area (Å²) in [5.74, 6) is 0.209. The average Bonchev–Trinajstić information content (AvgIpc) is 3.05. The van der Waals surface area contributed by atoms with E-state index in [9.17, 15) is 13.2 Å². The highest BCUT2D eigenvalue weighted by molar-refractivity contribution is 8.14. The summed E-state index contributed by atoms with van der Waals surface area (Å²) in [5, 5.41) is -0.502. The van der Waals surface area contributed by atoms with E-state index in [0.29, 0.717) is 11.0 Å². The van der Waals surface area contributed by atoms with Gasteiger partial charge in [-0.05, 0) is 0 Å². The summed E-state index contributed by atoms with van der Waals surface area (Å²) in [5.41, 5.74) is 0.841. The van der Waals surface area contributed by atoms with E-state index < -0.39 is 14.3 Å². The number of halogens is 1. The molecule has 1 saturated heterocycles. The van der Waals surface area contributed by atoms with Gasteiger partial charge in [-0.1, -0.05) is 30.3 Å². The van der Waals surface area contributed by atoms with Crippen LogP contribution in [-0.4, -0.2) is 35.5 Å². The van der Waals surface area contributed by atoms with Crippen LogP contribution >= 0.6 is 22.2 Å². The SMILES string of the molecule is O=C1CC(S(=O)(=O)Cl)CN1c1nc(-c2ccccc2)ns1. The Labute approximate surface area is 130 Å². The number of carbonyl (C=O) groups excluding carboxylic acids is 1. The van der Waals surface area contributed by atoms with Gasteiger partial charge in [0.15, 0.2) is 5.82 Å². The van der Waals surface area contributed by atoms with Crippen LogP contribution in [0.15, 0.2) is 30.3 Å². The van der Waals surface area contributed by atoms with Crippen molar-refractivity contribution in [3.8, 4) is 11.4 Å². The van der Waals surface area contributed by atoms with Crippen molar-refractivity contribution in [2.24, 2.45) is 0 Å². The standard InChI is InChI=1S/C12H10ClN3O3S2/c13-21(18,19)9-6-10(17)16(7-9)12-14-11(15-20-12)8-4-2-1-3-5-8/h1-5,9H,6-7H2. The van der Waals surface area contributed by atoms with E-state index in [2.05, 4.69) is 9.36 Å². The highest BCUT2D eigenvalue weighted by Gasteiger charge is 2.39. The van der Waals surface area contributed by atoms with Gasteiger partial charge in [0, 0.05) is 40.7 Å². The zero-order chi connectivity index (χ0) is 15.0. The van der Waals surface area contributed by atoms with Gasteiger partial charge < -0.3 is 0 Å². The molecule has 9 heteroatoms. The highest BCUT2D eigenvalue weighted by atomic mass is 35.7. The number of carbonyl (C=O) groups is 1. The van der Waals surface area contributed by atoms with Crippen LogP contribution in [0.25, 0.3) is 11.4 Å². The van der Waals surface area contributed by atoms with Gasteiger partial charge in [-0.3, -0.25) is 9.69 Å². The van der Waals surface area contributed by atoms with E-state index in [1.807, 2.05) is 30.3 Å². The Bertz CT molecular complexity index is 776. The second kappa shape index (κ2) is 5.36. The van der Waals surface area contributed by atoms with Crippen molar-refractivity contribution in [2.75, 3.05) is 11.4 Å². The van der Waals surface area contributed by atoms with Crippen LogP contribution in [0.4, 0.5) is 5.13 Å². The third kappa shape index (κ3) is 2.92. The second-order valence-electron chi connectivity index (χ2n) is 4.57. The maximum atomic E-state index is 11.9. The van der Waals surface area contributed by atoms with Crippen LogP contribution in [0, 0.1) is 0 Å². The summed E-state index contributed by atoms with van der Waals surface area (Å²) < 4.78 is 26.9. The molecule has 1 aliphatic rings. The topological polar surface area (TPSA) is 80.2 Å². The molecule has 1 aromatic carbocycles. The van der Waals surface area contributed by atoms with Gasteiger partial charge in [-0.25, -0.2) is 8.42 Å². The smallest absolute Gasteiger partial charge is 0.237 e. The molecule has 0 radical (unpaired) electrons. The summed E-state index contributed by atoms with van der Waals surface area (Å²) in [4.78, 5) is 17.6. The molecule has 1 atom stereocenters. The van der Waals surface area contributed by atoms with Crippen LogP contribution in [0.2, 0.25) is 0 Å². The first-order valence-corrected chi connectivity index (χ1v) is 9.23. The quantitative estimate of drug-likeness (QED) is 0.795. The molecule has 1 fully saturated rings. The molecule has 0 bridgehead atoms. The molecule has 3 rings (SSSR count). The fraction of sp³-hybridized carbons (Fsp3) is 0.250. The fourth-order valence-electron chi connectivity index (χ4n) is 2.08. The number of amides is 1. The lowest BCUT2D eigenvalue weighted by atomic mass is 10.2. The molecule has 21 heavy (non-hydrogen) atoms. The van der Waals surface area contributed by atoms with Gasteiger partial charge in [0.25, 0.3) is 0 Å². The first-order valence-electron chi connectivity index (χ1n) is 6.08. The number of rotatable bonds is 3. The van der Waals surface area contributed by atoms with Gasteiger partial charge >= 0.3 is 0 Å². The molecule has 110 valence electrons. The highest BCUT2D eigenvalue weighted by Crippen LogP contribution is 2.29. The van der Waals surface area contributed by atoms with Gasteiger partial charge in [0.1, 0.15) is 5.25 Å². The van der Waals surface area contributed by atoms with E-state index in [-0.39, 0.29) is 18.9 Å². The van der Waals surface area contributed by atoms with Crippen LogP contribution < -0.4 is 4.90 Å². The number of aromatic nitrogens is 2. The number of benzene rings is 1. The minimum absolute atomic E-state index is 0.0219. The molecule has 2 aromatic rings. The van der Waals surface area contributed by atoms with E-state index in [1.165, 1.54) is 4.90 Å². The van der Waals surface area contributed by atoms with Crippen molar-refractivity contribution in [1.82, 2.24) is 9.36 Å². The maximum Gasteiger partial charge on any atom is 0.237 e. The molecule has 1 unspecified atom stereocenters. The van der Waals surface area contributed by atoms with Gasteiger partial charge in [-0.15, -0.1) is 0 Å². The Hall–Kier alpha value is -1.51. The Kier molecular flexibility index (Phi) is 3.68. The predicted octanol–water partition coefficient (Wildman–Crippen LogP) is 1.88. The summed E-state index contributed by atoms with van der Waals surface area (Å²) in [6, 6.07) is 9.35. The Morgan fingerprint density at radius 3 is 2.62 bits per heavy atom. The average molecular weight is 344 g/mol. The van der Waals surface area contributed by atoms with E-state index in [0.717, 1.165) is 17.1 Å². The van der Waals surface area contributed by atoms with Crippen molar-refractivity contribution in [2.45, 2.75) is 11.7 Å². The largest absolute Gasteiger partial charge is 0.285 e. The number of nitrogens with zero attached hydrogens (tertiary/aromatic N) is 3. The molecule has 1 amide bonds. The van der Waals surface area contributed by atoms with Gasteiger partial charge in [0.05, 0.1) is 0 Å².